The maximum atomic E-state index is 14.2. The molecule has 2 aromatic heterocycles. The Bertz CT molecular complexity index is 1480. The summed E-state index contributed by atoms with van der Waals surface area (Å²) in [5.41, 5.74) is 2.92. The number of pyridine rings is 2. The molecule has 1 amide bonds. The van der Waals surface area contributed by atoms with Crippen molar-refractivity contribution in [3.05, 3.63) is 76.6 Å². The van der Waals surface area contributed by atoms with Crippen LogP contribution in [0.5, 0.6) is 0 Å². The lowest BCUT2D eigenvalue weighted by molar-refractivity contribution is 0.0493. The van der Waals surface area contributed by atoms with Gasteiger partial charge in [-0.2, -0.15) is 0 Å². The number of carbonyl (C=O) groups is 2. The van der Waals surface area contributed by atoms with E-state index in [0.717, 1.165) is 11.4 Å². The van der Waals surface area contributed by atoms with E-state index in [9.17, 15) is 14.0 Å². The summed E-state index contributed by atoms with van der Waals surface area (Å²) in [6.07, 6.45) is 3.24. The Labute approximate surface area is 238 Å². The normalized spacial score (nSPS) is 17.5. The maximum absolute atomic E-state index is 14.2. The predicted molar refractivity (Wildman–Crippen MR) is 153 cm³/mol. The van der Waals surface area contributed by atoms with Gasteiger partial charge in [0.2, 0.25) is 0 Å². The third kappa shape index (κ3) is 4.98. The number of fused-ring (bicyclic) bond motifs is 1. The van der Waals surface area contributed by atoms with Crippen molar-refractivity contribution in [1.82, 2.24) is 14.9 Å². The van der Waals surface area contributed by atoms with Gasteiger partial charge in [-0.25, -0.2) is 14.2 Å². The predicted octanol–water partition coefficient (Wildman–Crippen LogP) is 5.62. The highest BCUT2D eigenvalue weighted by Gasteiger charge is 2.41. The fraction of sp³-hybridized carbons (Fsp3) is 0.400. The third-order valence-corrected chi connectivity index (χ3v) is 7.88. The van der Waals surface area contributed by atoms with Crippen molar-refractivity contribution in [2.75, 3.05) is 42.6 Å². The Hall–Kier alpha value is -3.72. The number of esters is 1. The molecule has 2 aliphatic rings. The van der Waals surface area contributed by atoms with Gasteiger partial charge in [0.05, 0.1) is 46.0 Å². The molecule has 0 spiro atoms. The molecule has 0 N–H and O–H groups in total. The number of hydrogen-bond donors (Lipinski definition) is 0. The first-order valence-corrected chi connectivity index (χ1v) is 13.7. The van der Waals surface area contributed by atoms with Crippen LogP contribution in [0.15, 0.2) is 48.8 Å². The van der Waals surface area contributed by atoms with E-state index < -0.39 is 17.3 Å². The molecule has 40 heavy (non-hydrogen) atoms. The first-order chi connectivity index (χ1) is 18.9. The van der Waals surface area contributed by atoms with Gasteiger partial charge in [-0.1, -0.05) is 25.4 Å². The summed E-state index contributed by atoms with van der Waals surface area (Å²) < 4.78 is 19.5. The molecule has 0 radical (unpaired) electrons. The van der Waals surface area contributed by atoms with Crippen LogP contribution in [0.1, 0.15) is 61.2 Å². The maximum Gasteiger partial charge on any atom is 0.340 e. The highest BCUT2D eigenvalue weighted by atomic mass is 35.5. The van der Waals surface area contributed by atoms with Crippen LogP contribution in [0.25, 0.3) is 0 Å². The summed E-state index contributed by atoms with van der Waals surface area (Å²) in [6, 6.07) is 10.0. The van der Waals surface area contributed by atoms with Crippen molar-refractivity contribution >= 4 is 40.5 Å². The molecule has 0 atom stereocenters. The van der Waals surface area contributed by atoms with Gasteiger partial charge in [0.15, 0.2) is 0 Å². The quantitative estimate of drug-likeness (QED) is 0.372. The van der Waals surface area contributed by atoms with Gasteiger partial charge in [-0.05, 0) is 57.2 Å². The minimum Gasteiger partial charge on any atom is -0.462 e. The van der Waals surface area contributed by atoms with Crippen LogP contribution in [-0.2, 0) is 10.2 Å². The zero-order valence-electron chi connectivity index (χ0n) is 23.4. The van der Waals surface area contributed by atoms with Crippen LogP contribution >= 0.6 is 11.6 Å². The van der Waals surface area contributed by atoms with Crippen molar-refractivity contribution in [2.24, 2.45) is 0 Å². The van der Waals surface area contributed by atoms with Gasteiger partial charge in [0.25, 0.3) is 5.91 Å². The molecule has 8 nitrogen and oxygen atoms in total. The van der Waals surface area contributed by atoms with Crippen LogP contribution in [0.2, 0.25) is 5.02 Å². The molecule has 210 valence electrons. The van der Waals surface area contributed by atoms with Crippen LogP contribution < -0.4 is 9.80 Å². The van der Waals surface area contributed by atoms with Gasteiger partial charge in [-0.3, -0.25) is 9.78 Å². The minimum absolute atomic E-state index is 0.0739. The number of rotatable bonds is 5. The summed E-state index contributed by atoms with van der Waals surface area (Å²) >= 11 is 5.90. The lowest BCUT2D eigenvalue weighted by Gasteiger charge is -2.48. The van der Waals surface area contributed by atoms with E-state index in [-0.39, 0.29) is 23.0 Å². The largest absolute Gasteiger partial charge is 0.462 e. The van der Waals surface area contributed by atoms with Gasteiger partial charge < -0.3 is 19.4 Å². The number of nitrogens with zero attached hydrogens (tertiary/aromatic N) is 5. The van der Waals surface area contributed by atoms with E-state index in [1.165, 1.54) is 6.07 Å². The standard InChI is InChI=1S/C30H33ClFN5O3/c1-6-40-28(39)20-11-12-33-16-25(20)35-13-14-37(30(4,5)18-35)27(38)23-9-10-24-26(34-23)29(2,3)17-36(24)19-7-8-21(31)22(32)15-19/h7-12,15-16H,6,13-14,17-18H2,1-5H3. The molecule has 0 bridgehead atoms. The van der Waals surface area contributed by atoms with Gasteiger partial charge >= 0.3 is 5.97 Å². The van der Waals surface area contributed by atoms with E-state index in [0.29, 0.717) is 48.8 Å². The molecule has 1 aromatic carbocycles. The number of hydrogen-bond acceptors (Lipinski definition) is 7. The summed E-state index contributed by atoms with van der Waals surface area (Å²) in [6.45, 7) is 12.3. The topological polar surface area (TPSA) is 78.9 Å². The first kappa shape index (κ1) is 27.8. The summed E-state index contributed by atoms with van der Waals surface area (Å²) in [5.74, 6) is -1.03. The highest BCUT2D eigenvalue weighted by molar-refractivity contribution is 6.30. The highest BCUT2D eigenvalue weighted by Crippen LogP contribution is 2.44. The number of halogens is 2. The molecule has 0 aliphatic carbocycles. The van der Waals surface area contributed by atoms with Crippen LogP contribution in [0.4, 0.5) is 21.5 Å². The Kier molecular flexibility index (Phi) is 7.20. The van der Waals surface area contributed by atoms with Crippen molar-refractivity contribution in [3.8, 4) is 0 Å². The van der Waals surface area contributed by atoms with Crippen LogP contribution in [0, 0.1) is 5.82 Å². The van der Waals surface area contributed by atoms with Crippen LogP contribution in [0.3, 0.4) is 0 Å². The Balaban J connectivity index is 1.39. The average Bonchev–Trinajstić information content (AvgIpc) is 3.19. The number of anilines is 3. The summed E-state index contributed by atoms with van der Waals surface area (Å²) in [4.78, 5) is 41.4. The van der Waals surface area contributed by atoms with Crippen molar-refractivity contribution in [1.29, 1.82) is 0 Å². The third-order valence-electron chi connectivity index (χ3n) is 7.58. The van der Waals surface area contributed by atoms with E-state index in [4.69, 9.17) is 21.3 Å². The van der Waals surface area contributed by atoms with Gasteiger partial charge in [0, 0.05) is 43.5 Å². The van der Waals surface area contributed by atoms with E-state index >= 15 is 0 Å². The molecule has 4 heterocycles. The fourth-order valence-corrected chi connectivity index (χ4v) is 5.74. The summed E-state index contributed by atoms with van der Waals surface area (Å²) in [5, 5.41) is 0.0739. The zero-order chi connectivity index (χ0) is 28.8. The van der Waals surface area contributed by atoms with Crippen molar-refractivity contribution in [3.63, 3.8) is 0 Å². The second-order valence-corrected chi connectivity index (χ2v) is 11.8. The molecular formula is C30H33ClFN5O3. The second-order valence-electron chi connectivity index (χ2n) is 11.4. The molecular weight excluding hydrogens is 533 g/mol. The second kappa shape index (κ2) is 10.4. The molecule has 10 heteroatoms. The van der Waals surface area contributed by atoms with Gasteiger partial charge in [0.1, 0.15) is 11.5 Å². The SMILES string of the molecule is CCOC(=O)c1ccncc1N1CCN(C(=O)c2ccc3c(n2)C(C)(C)CN3c2ccc(Cl)c(F)c2)C(C)(C)C1. The lowest BCUT2D eigenvalue weighted by Crippen LogP contribution is -2.61. The number of benzene rings is 1. The number of piperazine rings is 1. The Morgan fingerprint density at radius 1 is 1.05 bits per heavy atom. The van der Waals surface area contributed by atoms with Crippen molar-refractivity contribution < 1.29 is 18.7 Å². The molecule has 1 saturated heterocycles. The molecule has 0 unspecified atom stereocenters. The monoisotopic (exact) mass is 565 g/mol. The zero-order valence-corrected chi connectivity index (χ0v) is 24.1. The fourth-order valence-electron chi connectivity index (χ4n) is 5.62. The number of amides is 1. The van der Waals surface area contributed by atoms with Crippen LogP contribution in [-0.4, -0.2) is 65.1 Å². The Morgan fingerprint density at radius 2 is 1.82 bits per heavy atom. The molecule has 3 aromatic rings. The van der Waals surface area contributed by atoms with Gasteiger partial charge in [-0.15, -0.1) is 0 Å². The van der Waals surface area contributed by atoms with E-state index in [1.54, 1.807) is 43.6 Å². The minimum atomic E-state index is -0.555. The van der Waals surface area contributed by atoms with E-state index in [2.05, 4.69) is 23.7 Å². The molecule has 1 fully saturated rings. The number of carbonyl (C=O) groups excluding carboxylic acids is 2. The van der Waals surface area contributed by atoms with E-state index in [1.807, 2.05) is 29.7 Å². The number of ether oxygens (including phenoxy) is 1. The molecule has 2 aliphatic heterocycles. The summed E-state index contributed by atoms with van der Waals surface area (Å²) in [7, 11) is 0. The van der Waals surface area contributed by atoms with Crippen molar-refractivity contribution in [2.45, 2.75) is 45.6 Å². The lowest BCUT2D eigenvalue weighted by atomic mass is 9.91. The molecule has 0 saturated carbocycles. The smallest absolute Gasteiger partial charge is 0.340 e. The Morgan fingerprint density at radius 3 is 2.52 bits per heavy atom. The first-order valence-electron chi connectivity index (χ1n) is 13.3. The average molecular weight is 566 g/mol. The molecule has 5 rings (SSSR count). The number of aromatic nitrogens is 2.